The predicted octanol–water partition coefficient (Wildman–Crippen LogP) is 1.01. The molecule has 0 saturated heterocycles. The summed E-state index contributed by atoms with van der Waals surface area (Å²) in [6.45, 7) is 3.23. The number of carboxylic acid groups (broad SMARTS) is 1. The number of carboxylic acids is 1. The smallest absolute Gasteiger partial charge is 0.326 e. The van der Waals surface area contributed by atoms with Gasteiger partial charge in [0.25, 0.3) is 0 Å². The molecule has 0 aliphatic rings. The molecule has 7 N–H and O–H groups in total. The van der Waals surface area contributed by atoms with E-state index in [1.807, 2.05) is 37.4 Å². The molecule has 2 aromatic rings. The third kappa shape index (κ3) is 8.29. The number of hydrogen-bond acceptors (Lipinski definition) is 6. The second kappa shape index (κ2) is 13.7. The number of carbonyl (C=O) groups excluding carboxylic acids is 3. The number of thioether (sulfide) groups is 1. The lowest BCUT2D eigenvalue weighted by molar-refractivity contribution is -0.143. The number of rotatable bonds is 14. The molecular formula is C24H35N5O5S. The lowest BCUT2D eigenvalue weighted by atomic mass is 9.98. The molecule has 0 radical (unpaired) electrons. The first-order chi connectivity index (χ1) is 16.7. The largest absolute Gasteiger partial charge is 0.480 e. The SMILES string of the molecule is CCC(C)C(NC(=O)C(Cc1c[nH]c2ccccc12)NC(=O)CNC(=O)C(N)CCSC)C(=O)O. The molecule has 0 fully saturated rings. The van der Waals surface area contributed by atoms with E-state index >= 15 is 0 Å². The van der Waals surface area contributed by atoms with Gasteiger partial charge in [-0.3, -0.25) is 14.4 Å². The van der Waals surface area contributed by atoms with Gasteiger partial charge >= 0.3 is 5.97 Å². The van der Waals surface area contributed by atoms with E-state index < -0.39 is 41.8 Å². The Kier molecular flexibility index (Phi) is 11.1. The fraction of sp³-hybridized carbons (Fsp3) is 0.500. The minimum atomic E-state index is -1.14. The second-order valence-corrected chi connectivity index (χ2v) is 9.49. The fourth-order valence-corrected chi connectivity index (χ4v) is 4.08. The van der Waals surface area contributed by atoms with Crippen LogP contribution in [0.5, 0.6) is 0 Å². The summed E-state index contributed by atoms with van der Waals surface area (Å²) in [6, 6.07) is 4.67. The van der Waals surface area contributed by atoms with Gasteiger partial charge < -0.3 is 31.8 Å². The molecule has 0 aliphatic heterocycles. The van der Waals surface area contributed by atoms with Crippen LogP contribution in [0.3, 0.4) is 0 Å². The van der Waals surface area contributed by atoms with Crippen LogP contribution in [0.4, 0.5) is 0 Å². The number of aromatic amines is 1. The van der Waals surface area contributed by atoms with Crippen molar-refractivity contribution in [2.45, 2.75) is 51.2 Å². The molecule has 11 heteroatoms. The molecule has 0 bridgehead atoms. The maximum absolute atomic E-state index is 13.1. The van der Waals surface area contributed by atoms with Gasteiger partial charge in [0.15, 0.2) is 0 Å². The molecule has 35 heavy (non-hydrogen) atoms. The average molecular weight is 506 g/mol. The number of amides is 3. The predicted molar refractivity (Wildman–Crippen MR) is 137 cm³/mol. The molecule has 0 spiro atoms. The summed E-state index contributed by atoms with van der Waals surface area (Å²) >= 11 is 1.57. The Morgan fingerprint density at radius 2 is 1.86 bits per heavy atom. The topological polar surface area (TPSA) is 166 Å². The van der Waals surface area contributed by atoms with Gasteiger partial charge in [-0.05, 0) is 36.0 Å². The summed E-state index contributed by atoms with van der Waals surface area (Å²) in [5.74, 6) is -2.37. The first-order valence-electron chi connectivity index (χ1n) is 11.6. The normalized spacial score (nSPS) is 14.5. The Bertz CT molecular complexity index is 1030. The Balaban J connectivity index is 2.15. The van der Waals surface area contributed by atoms with E-state index in [1.54, 1.807) is 24.9 Å². The average Bonchev–Trinajstić information content (AvgIpc) is 3.25. The van der Waals surface area contributed by atoms with Crippen molar-refractivity contribution in [1.29, 1.82) is 0 Å². The first-order valence-corrected chi connectivity index (χ1v) is 13.0. The number of aliphatic carboxylic acids is 1. The van der Waals surface area contributed by atoms with Crippen LogP contribution in [-0.2, 0) is 25.6 Å². The zero-order chi connectivity index (χ0) is 26.0. The molecule has 1 aromatic heterocycles. The van der Waals surface area contributed by atoms with E-state index in [1.165, 1.54) is 0 Å². The molecule has 4 atom stereocenters. The van der Waals surface area contributed by atoms with Crippen LogP contribution in [0.15, 0.2) is 30.5 Å². The number of aromatic nitrogens is 1. The third-order valence-corrected chi connectivity index (χ3v) is 6.56. The van der Waals surface area contributed by atoms with Crippen LogP contribution in [0, 0.1) is 5.92 Å². The molecule has 0 aliphatic carbocycles. The van der Waals surface area contributed by atoms with Gasteiger partial charge in [-0.2, -0.15) is 11.8 Å². The lowest BCUT2D eigenvalue weighted by Crippen LogP contribution is -2.55. The van der Waals surface area contributed by atoms with Crippen molar-refractivity contribution in [2.24, 2.45) is 11.7 Å². The number of nitrogens with one attached hydrogen (secondary N) is 4. The highest BCUT2D eigenvalue weighted by Crippen LogP contribution is 2.19. The van der Waals surface area contributed by atoms with Crippen molar-refractivity contribution < 1.29 is 24.3 Å². The zero-order valence-corrected chi connectivity index (χ0v) is 21.1. The number of para-hydroxylation sites is 1. The van der Waals surface area contributed by atoms with Gasteiger partial charge in [0.1, 0.15) is 12.1 Å². The van der Waals surface area contributed by atoms with Crippen LogP contribution in [-0.4, -0.2) is 70.5 Å². The van der Waals surface area contributed by atoms with Crippen LogP contribution >= 0.6 is 11.8 Å². The number of hydrogen-bond donors (Lipinski definition) is 6. The highest BCUT2D eigenvalue weighted by atomic mass is 32.2. The second-order valence-electron chi connectivity index (χ2n) is 8.50. The zero-order valence-electron chi connectivity index (χ0n) is 20.3. The van der Waals surface area contributed by atoms with E-state index in [0.29, 0.717) is 18.6 Å². The third-order valence-electron chi connectivity index (χ3n) is 5.92. The van der Waals surface area contributed by atoms with Gasteiger partial charge in [-0.15, -0.1) is 0 Å². The molecule has 10 nitrogen and oxygen atoms in total. The van der Waals surface area contributed by atoms with Gasteiger partial charge in [0.2, 0.25) is 17.7 Å². The van der Waals surface area contributed by atoms with Gasteiger partial charge in [0.05, 0.1) is 12.6 Å². The van der Waals surface area contributed by atoms with Crippen molar-refractivity contribution >= 4 is 46.4 Å². The molecule has 3 amide bonds. The van der Waals surface area contributed by atoms with Crippen molar-refractivity contribution in [3.63, 3.8) is 0 Å². The maximum Gasteiger partial charge on any atom is 0.326 e. The Labute approximate surface area is 209 Å². The van der Waals surface area contributed by atoms with Crippen molar-refractivity contribution in [1.82, 2.24) is 20.9 Å². The Morgan fingerprint density at radius 1 is 1.14 bits per heavy atom. The summed E-state index contributed by atoms with van der Waals surface area (Å²) in [6.07, 6.45) is 4.84. The molecule has 0 saturated carbocycles. The highest BCUT2D eigenvalue weighted by Gasteiger charge is 2.30. The molecule has 1 heterocycles. The van der Waals surface area contributed by atoms with Crippen LogP contribution < -0.4 is 21.7 Å². The number of H-pyrrole nitrogens is 1. The van der Waals surface area contributed by atoms with E-state index in [0.717, 1.165) is 16.5 Å². The summed E-state index contributed by atoms with van der Waals surface area (Å²) in [5, 5.41) is 18.2. The lowest BCUT2D eigenvalue weighted by Gasteiger charge is -2.24. The summed E-state index contributed by atoms with van der Waals surface area (Å²) in [5.41, 5.74) is 7.50. The number of fused-ring (bicyclic) bond motifs is 1. The summed E-state index contributed by atoms with van der Waals surface area (Å²) < 4.78 is 0. The molecule has 192 valence electrons. The number of carbonyl (C=O) groups is 4. The quantitative estimate of drug-likeness (QED) is 0.223. The van der Waals surface area contributed by atoms with E-state index in [4.69, 9.17) is 5.73 Å². The molecule has 1 aromatic carbocycles. The van der Waals surface area contributed by atoms with E-state index in [2.05, 4.69) is 20.9 Å². The van der Waals surface area contributed by atoms with Gasteiger partial charge in [-0.25, -0.2) is 4.79 Å². The molecule has 2 rings (SSSR count). The Morgan fingerprint density at radius 3 is 2.51 bits per heavy atom. The first kappa shape index (κ1) is 28.2. The molecular weight excluding hydrogens is 470 g/mol. The van der Waals surface area contributed by atoms with Gasteiger partial charge in [0, 0.05) is 23.5 Å². The van der Waals surface area contributed by atoms with Gasteiger partial charge in [-0.1, -0.05) is 38.5 Å². The van der Waals surface area contributed by atoms with Crippen molar-refractivity contribution in [3.8, 4) is 0 Å². The maximum atomic E-state index is 13.1. The monoisotopic (exact) mass is 505 g/mol. The Hall–Kier alpha value is -3.05. The number of benzene rings is 1. The summed E-state index contributed by atoms with van der Waals surface area (Å²) in [7, 11) is 0. The minimum Gasteiger partial charge on any atom is -0.480 e. The van der Waals surface area contributed by atoms with Crippen molar-refractivity contribution in [3.05, 3.63) is 36.0 Å². The van der Waals surface area contributed by atoms with Crippen LogP contribution in [0.1, 0.15) is 32.3 Å². The molecule has 4 unspecified atom stereocenters. The minimum absolute atomic E-state index is 0.135. The van der Waals surface area contributed by atoms with Crippen LogP contribution in [0.25, 0.3) is 10.9 Å². The standard InChI is InChI=1S/C24H35N5O5S/c1-4-14(2)21(24(33)34)29-23(32)19(11-15-12-26-18-8-6-5-7-16(15)18)28-20(30)13-27-22(31)17(25)9-10-35-3/h5-8,12,14,17,19,21,26H,4,9-11,13,25H2,1-3H3,(H,27,31)(H,28,30)(H,29,32)(H,33,34). The number of nitrogens with two attached hydrogens (primary N) is 1. The van der Waals surface area contributed by atoms with E-state index in [9.17, 15) is 24.3 Å². The highest BCUT2D eigenvalue weighted by molar-refractivity contribution is 7.98. The van der Waals surface area contributed by atoms with E-state index in [-0.39, 0.29) is 18.9 Å². The summed E-state index contributed by atoms with van der Waals surface area (Å²) in [4.78, 5) is 52.7. The fourth-order valence-electron chi connectivity index (χ4n) is 3.59. The van der Waals surface area contributed by atoms with Crippen molar-refractivity contribution in [2.75, 3.05) is 18.6 Å². The van der Waals surface area contributed by atoms with Crippen LogP contribution in [0.2, 0.25) is 0 Å².